The van der Waals surface area contributed by atoms with E-state index in [0.29, 0.717) is 0 Å². The number of aliphatic imine (C=N–C) groups is 1. The third-order valence-electron chi connectivity index (χ3n) is 2.30. The van der Waals surface area contributed by atoms with Gasteiger partial charge in [-0.3, -0.25) is 4.99 Å². The molecule has 0 aliphatic heterocycles. The number of aromatic nitrogens is 2. The molecule has 2 rings (SSSR count). The maximum atomic E-state index is 11.0. The number of hydrogen-bond donors (Lipinski definition) is 2. The Morgan fingerprint density at radius 1 is 1.36 bits per heavy atom. The highest BCUT2D eigenvalue weighted by Gasteiger charge is 2.04. The van der Waals surface area contributed by atoms with E-state index in [4.69, 9.17) is 0 Å². The minimum atomic E-state index is -0.184. The molecule has 0 amide bonds. The third-order valence-corrected chi connectivity index (χ3v) is 2.30. The van der Waals surface area contributed by atoms with Crippen LogP contribution in [0.4, 0.5) is 0 Å². The number of hydrogen-bond acceptors (Lipinski definition) is 2. The van der Waals surface area contributed by atoms with E-state index in [1.54, 1.807) is 0 Å². The van der Waals surface area contributed by atoms with E-state index >= 15 is 0 Å². The van der Waals surface area contributed by atoms with Crippen molar-refractivity contribution in [1.82, 2.24) is 9.97 Å². The van der Waals surface area contributed by atoms with Gasteiger partial charge >= 0.3 is 5.69 Å². The fourth-order valence-electron chi connectivity index (χ4n) is 1.42. The van der Waals surface area contributed by atoms with Gasteiger partial charge in [0.1, 0.15) is 0 Å². The molecule has 2 N–H and O–H groups in total. The van der Waals surface area contributed by atoms with Crippen LogP contribution in [-0.4, -0.2) is 16.7 Å². The first kappa shape index (κ1) is 8.74. The molecule has 1 aromatic heterocycles. The van der Waals surface area contributed by atoms with Crippen molar-refractivity contribution in [1.29, 1.82) is 0 Å². The molecule has 2 aromatic rings. The maximum Gasteiger partial charge on any atom is 0.323 e. The van der Waals surface area contributed by atoms with Crippen LogP contribution in [0.2, 0.25) is 0 Å². The zero-order valence-electron chi connectivity index (χ0n) is 7.87. The summed E-state index contributed by atoms with van der Waals surface area (Å²) in [5.41, 5.74) is 2.48. The average Bonchev–Trinajstić information content (AvgIpc) is 2.55. The van der Waals surface area contributed by atoms with Crippen molar-refractivity contribution in [3.8, 4) is 0 Å². The molecule has 4 heteroatoms. The molecule has 0 saturated carbocycles. The predicted molar refractivity (Wildman–Crippen MR) is 56.9 cm³/mol. The SMILES string of the molecule is C=NC(C)c1ccc2[nH]c(=O)[nH]c2c1. The van der Waals surface area contributed by atoms with E-state index < -0.39 is 0 Å². The van der Waals surface area contributed by atoms with Crippen LogP contribution in [0.5, 0.6) is 0 Å². The van der Waals surface area contributed by atoms with Crippen LogP contribution >= 0.6 is 0 Å². The first-order valence-electron chi connectivity index (χ1n) is 4.38. The quantitative estimate of drug-likeness (QED) is 0.693. The molecule has 0 fully saturated rings. The summed E-state index contributed by atoms with van der Waals surface area (Å²) in [4.78, 5) is 20.3. The summed E-state index contributed by atoms with van der Waals surface area (Å²) in [5.74, 6) is 0. The van der Waals surface area contributed by atoms with Gasteiger partial charge in [-0.05, 0) is 31.3 Å². The van der Waals surface area contributed by atoms with Crippen molar-refractivity contribution < 1.29 is 0 Å². The van der Waals surface area contributed by atoms with Gasteiger partial charge in [0.2, 0.25) is 0 Å². The molecule has 4 nitrogen and oxygen atoms in total. The molecule has 0 aliphatic carbocycles. The molecule has 0 saturated heterocycles. The fraction of sp³-hybridized carbons (Fsp3) is 0.200. The summed E-state index contributed by atoms with van der Waals surface area (Å²) < 4.78 is 0. The second kappa shape index (κ2) is 3.14. The third kappa shape index (κ3) is 1.35. The highest BCUT2D eigenvalue weighted by Crippen LogP contribution is 2.19. The van der Waals surface area contributed by atoms with E-state index in [0.717, 1.165) is 16.6 Å². The number of nitrogens with zero attached hydrogens (tertiary/aromatic N) is 1. The van der Waals surface area contributed by atoms with Crippen molar-refractivity contribution in [3.05, 3.63) is 34.2 Å². The van der Waals surface area contributed by atoms with Gasteiger partial charge < -0.3 is 9.97 Å². The standard InChI is InChI=1S/C10H11N3O/c1-6(11-2)7-3-4-8-9(5-7)13-10(14)12-8/h3-6H,2H2,1H3,(H2,12,13,14). The lowest BCUT2D eigenvalue weighted by Crippen LogP contribution is -1.99. The lowest BCUT2D eigenvalue weighted by Gasteiger charge is -2.04. The van der Waals surface area contributed by atoms with Gasteiger partial charge in [0.15, 0.2) is 0 Å². The summed E-state index contributed by atoms with van der Waals surface area (Å²) in [6.07, 6.45) is 0. The number of fused-ring (bicyclic) bond motifs is 1. The van der Waals surface area contributed by atoms with Crippen molar-refractivity contribution >= 4 is 17.8 Å². The van der Waals surface area contributed by atoms with Crippen LogP contribution in [0.1, 0.15) is 18.5 Å². The number of imidazole rings is 1. The topological polar surface area (TPSA) is 61.0 Å². The van der Waals surface area contributed by atoms with Gasteiger partial charge in [-0.25, -0.2) is 4.79 Å². The monoisotopic (exact) mass is 189 g/mol. The van der Waals surface area contributed by atoms with Gasteiger partial charge in [0, 0.05) is 0 Å². The molecule has 0 aliphatic rings. The predicted octanol–water partition coefficient (Wildman–Crippen LogP) is 1.62. The van der Waals surface area contributed by atoms with Gasteiger partial charge in [0.25, 0.3) is 0 Å². The molecule has 1 unspecified atom stereocenters. The van der Waals surface area contributed by atoms with Crippen LogP contribution in [0, 0.1) is 0 Å². The van der Waals surface area contributed by atoms with Crippen molar-refractivity contribution in [2.24, 2.45) is 4.99 Å². The minimum Gasteiger partial charge on any atom is -0.306 e. The zero-order valence-corrected chi connectivity index (χ0v) is 7.87. The maximum absolute atomic E-state index is 11.0. The smallest absolute Gasteiger partial charge is 0.306 e. The van der Waals surface area contributed by atoms with Crippen LogP contribution in [0.25, 0.3) is 11.0 Å². The second-order valence-corrected chi connectivity index (χ2v) is 3.24. The Bertz CT molecular complexity index is 523. The molecule has 0 spiro atoms. The largest absolute Gasteiger partial charge is 0.323 e. The summed E-state index contributed by atoms with van der Waals surface area (Å²) in [6.45, 7) is 5.45. The van der Waals surface area contributed by atoms with Gasteiger partial charge in [-0.1, -0.05) is 6.07 Å². The van der Waals surface area contributed by atoms with Crippen molar-refractivity contribution in [2.45, 2.75) is 13.0 Å². The Hall–Kier alpha value is -1.84. The second-order valence-electron chi connectivity index (χ2n) is 3.24. The number of nitrogens with one attached hydrogen (secondary N) is 2. The molecule has 14 heavy (non-hydrogen) atoms. The van der Waals surface area contributed by atoms with Crippen LogP contribution in [0.15, 0.2) is 28.0 Å². The Kier molecular flexibility index (Phi) is 1.96. The molecular weight excluding hydrogens is 178 g/mol. The number of rotatable bonds is 2. The van der Waals surface area contributed by atoms with Crippen molar-refractivity contribution in [3.63, 3.8) is 0 Å². The Morgan fingerprint density at radius 2 is 2.07 bits per heavy atom. The zero-order chi connectivity index (χ0) is 10.1. The van der Waals surface area contributed by atoms with Gasteiger partial charge in [-0.15, -0.1) is 0 Å². The number of H-pyrrole nitrogens is 2. The molecule has 0 bridgehead atoms. The first-order chi connectivity index (χ1) is 6.70. The van der Waals surface area contributed by atoms with E-state index in [9.17, 15) is 4.79 Å². The molecule has 72 valence electrons. The normalized spacial score (nSPS) is 12.9. The van der Waals surface area contributed by atoms with E-state index in [1.165, 1.54) is 0 Å². The molecule has 1 aromatic carbocycles. The van der Waals surface area contributed by atoms with E-state index in [1.807, 2.05) is 25.1 Å². The summed E-state index contributed by atoms with van der Waals surface area (Å²) in [5, 5.41) is 0. The number of aromatic amines is 2. The van der Waals surface area contributed by atoms with Gasteiger partial charge in [-0.2, -0.15) is 0 Å². The highest BCUT2D eigenvalue weighted by atomic mass is 16.1. The fourth-order valence-corrected chi connectivity index (χ4v) is 1.42. The molecule has 1 atom stereocenters. The average molecular weight is 189 g/mol. The highest BCUT2D eigenvalue weighted by molar-refractivity contribution is 5.75. The lowest BCUT2D eigenvalue weighted by atomic mass is 10.1. The summed E-state index contributed by atoms with van der Waals surface area (Å²) in [6, 6.07) is 5.76. The first-order valence-corrected chi connectivity index (χ1v) is 4.38. The Balaban J connectivity index is 2.61. The van der Waals surface area contributed by atoms with Gasteiger partial charge in [0.05, 0.1) is 17.1 Å². The Labute approximate surface area is 80.7 Å². The molecular formula is C10H11N3O. The van der Waals surface area contributed by atoms with Crippen LogP contribution < -0.4 is 5.69 Å². The summed E-state index contributed by atoms with van der Waals surface area (Å²) >= 11 is 0. The lowest BCUT2D eigenvalue weighted by molar-refractivity contribution is 0.830. The van der Waals surface area contributed by atoms with Crippen LogP contribution in [0.3, 0.4) is 0 Å². The minimum absolute atomic E-state index is 0.0535. The van der Waals surface area contributed by atoms with Crippen LogP contribution in [-0.2, 0) is 0 Å². The molecule has 0 radical (unpaired) electrons. The summed E-state index contributed by atoms with van der Waals surface area (Å²) in [7, 11) is 0. The Morgan fingerprint density at radius 3 is 2.79 bits per heavy atom. The van der Waals surface area contributed by atoms with E-state index in [-0.39, 0.29) is 11.7 Å². The number of benzene rings is 1. The van der Waals surface area contributed by atoms with E-state index in [2.05, 4.69) is 21.7 Å². The molecule has 1 heterocycles. The van der Waals surface area contributed by atoms with Crippen molar-refractivity contribution in [2.75, 3.05) is 0 Å².